The van der Waals surface area contributed by atoms with E-state index in [-0.39, 0.29) is 11.3 Å². The van der Waals surface area contributed by atoms with Gasteiger partial charge in [0.05, 0.1) is 18.7 Å². The summed E-state index contributed by atoms with van der Waals surface area (Å²) in [6.45, 7) is 4.41. The Labute approximate surface area is 165 Å². The van der Waals surface area contributed by atoms with Gasteiger partial charge >= 0.3 is 0 Å². The summed E-state index contributed by atoms with van der Waals surface area (Å²) in [4.78, 5) is 27.2. The van der Waals surface area contributed by atoms with E-state index in [1.165, 1.54) is 0 Å². The largest absolute Gasteiger partial charge is 0.507 e. The number of carbonyl (C=O) groups is 2. The first kappa shape index (κ1) is 19.7. The number of likely N-dealkylation sites (tertiary alicyclic amines) is 1. The molecule has 0 bridgehead atoms. The van der Waals surface area contributed by atoms with E-state index in [1.807, 2.05) is 44.2 Å². The van der Waals surface area contributed by atoms with Crippen LogP contribution < -0.4 is 4.74 Å². The number of para-hydroxylation sites is 1. The molecule has 28 heavy (non-hydrogen) atoms. The number of ether oxygens (including phenoxy) is 1. The highest BCUT2D eigenvalue weighted by Gasteiger charge is 2.46. The lowest BCUT2D eigenvalue weighted by Gasteiger charge is -2.26. The fourth-order valence-corrected chi connectivity index (χ4v) is 3.52. The lowest BCUT2D eigenvalue weighted by atomic mass is 9.94. The van der Waals surface area contributed by atoms with Crippen LogP contribution in [0.25, 0.3) is 5.76 Å². The lowest BCUT2D eigenvalue weighted by molar-refractivity contribution is -0.139. The minimum Gasteiger partial charge on any atom is -0.507 e. The van der Waals surface area contributed by atoms with Crippen LogP contribution in [0.3, 0.4) is 0 Å². The van der Waals surface area contributed by atoms with Gasteiger partial charge in [-0.25, -0.2) is 0 Å². The van der Waals surface area contributed by atoms with Crippen LogP contribution in [0.1, 0.15) is 42.5 Å². The Hall–Kier alpha value is -3.08. The zero-order valence-electron chi connectivity index (χ0n) is 16.4. The molecule has 146 valence electrons. The van der Waals surface area contributed by atoms with Crippen LogP contribution in [0.2, 0.25) is 0 Å². The summed E-state index contributed by atoms with van der Waals surface area (Å²) in [5, 5.41) is 11.0. The molecule has 1 saturated heterocycles. The van der Waals surface area contributed by atoms with Crippen molar-refractivity contribution in [2.75, 3.05) is 13.7 Å². The lowest BCUT2D eigenvalue weighted by Crippen LogP contribution is -2.30. The topological polar surface area (TPSA) is 66.8 Å². The number of carbonyl (C=O) groups excluding carboxylic acids is 2. The van der Waals surface area contributed by atoms with E-state index in [0.717, 1.165) is 18.4 Å². The van der Waals surface area contributed by atoms with Crippen LogP contribution in [-0.4, -0.2) is 35.4 Å². The van der Waals surface area contributed by atoms with Crippen molar-refractivity contribution in [2.45, 2.75) is 32.7 Å². The highest BCUT2D eigenvalue weighted by Crippen LogP contribution is 2.42. The monoisotopic (exact) mass is 379 g/mol. The third-order valence-electron chi connectivity index (χ3n) is 5.05. The van der Waals surface area contributed by atoms with Gasteiger partial charge in [0.1, 0.15) is 11.5 Å². The van der Waals surface area contributed by atoms with Gasteiger partial charge in [0.25, 0.3) is 11.7 Å². The molecule has 0 aromatic heterocycles. The van der Waals surface area contributed by atoms with Crippen molar-refractivity contribution >= 4 is 17.4 Å². The van der Waals surface area contributed by atoms with Crippen molar-refractivity contribution in [3.05, 3.63) is 70.8 Å². The average Bonchev–Trinajstić information content (AvgIpc) is 2.96. The van der Waals surface area contributed by atoms with E-state index in [1.54, 1.807) is 30.2 Å². The summed E-state index contributed by atoms with van der Waals surface area (Å²) < 4.78 is 5.48. The molecular weight excluding hydrogens is 354 g/mol. The Kier molecular flexibility index (Phi) is 5.83. The van der Waals surface area contributed by atoms with Crippen molar-refractivity contribution in [3.63, 3.8) is 0 Å². The molecule has 1 atom stereocenters. The fourth-order valence-electron chi connectivity index (χ4n) is 3.52. The first-order valence-corrected chi connectivity index (χ1v) is 9.48. The molecule has 1 aliphatic rings. The Morgan fingerprint density at radius 2 is 1.79 bits per heavy atom. The molecule has 1 aliphatic heterocycles. The predicted octanol–water partition coefficient (Wildman–Crippen LogP) is 4.23. The second kappa shape index (κ2) is 8.30. The molecule has 1 fully saturated rings. The van der Waals surface area contributed by atoms with Crippen LogP contribution in [0.4, 0.5) is 0 Å². The van der Waals surface area contributed by atoms with Crippen molar-refractivity contribution in [1.82, 2.24) is 4.90 Å². The van der Waals surface area contributed by atoms with Gasteiger partial charge in [0.15, 0.2) is 0 Å². The van der Waals surface area contributed by atoms with Gasteiger partial charge in [0, 0.05) is 17.7 Å². The number of nitrogens with zero attached hydrogens (tertiary/aromatic N) is 1. The normalized spacial score (nSPS) is 18.5. The number of methoxy groups -OCH3 is 1. The second-order valence-corrected chi connectivity index (χ2v) is 6.95. The summed E-state index contributed by atoms with van der Waals surface area (Å²) in [6.07, 6.45) is 1.66. The summed E-state index contributed by atoms with van der Waals surface area (Å²) >= 11 is 0. The molecule has 0 radical (unpaired) electrons. The number of ketones is 1. The average molecular weight is 379 g/mol. The molecular formula is C23H25NO4. The number of amides is 1. The molecule has 5 nitrogen and oxygen atoms in total. The molecule has 5 heteroatoms. The molecule has 0 saturated carbocycles. The van der Waals surface area contributed by atoms with Crippen LogP contribution in [0.15, 0.2) is 54.1 Å². The van der Waals surface area contributed by atoms with Gasteiger partial charge in [-0.2, -0.15) is 0 Å². The molecule has 0 unspecified atom stereocenters. The van der Waals surface area contributed by atoms with Crippen LogP contribution in [-0.2, 0) is 9.59 Å². The standard InChI is InChI=1S/C23H25NO4/c1-4-5-14-24-20(17-8-6-7-9-18(17)28-3)19(22(26)23(24)27)21(25)16-12-10-15(2)11-13-16/h6-13,20,25H,4-5,14H2,1-3H3/t20-/m1/s1. The molecule has 3 rings (SSSR count). The first-order valence-electron chi connectivity index (χ1n) is 9.48. The number of aryl methyl sites for hydroxylation is 1. The van der Waals surface area contributed by atoms with Gasteiger partial charge in [0.2, 0.25) is 0 Å². The number of hydrogen-bond donors (Lipinski definition) is 1. The summed E-state index contributed by atoms with van der Waals surface area (Å²) in [6, 6.07) is 13.8. The number of benzene rings is 2. The smallest absolute Gasteiger partial charge is 0.295 e. The zero-order valence-corrected chi connectivity index (χ0v) is 16.4. The van der Waals surface area contributed by atoms with Crippen LogP contribution in [0.5, 0.6) is 5.75 Å². The zero-order chi connectivity index (χ0) is 20.3. The van der Waals surface area contributed by atoms with Gasteiger partial charge in [-0.3, -0.25) is 9.59 Å². The predicted molar refractivity (Wildman–Crippen MR) is 108 cm³/mol. The van der Waals surface area contributed by atoms with E-state index in [9.17, 15) is 14.7 Å². The van der Waals surface area contributed by atoms with Gasteiger partial charge in [-0.15, -0.1) is 0 Å². The van der Waals surface area contributed by atoms with Crippen molar-refractivity contribution in [2.24, 2.45) is 0 Å². The fraction of sp³-hybridized carbons (Fsp3) is 0.304. The molecule has 0 spiro atoms. The molecule has 1 N–H and O–H groups in total. The van der Waals surface area contributed by atoms with Crippen molar-refractivity contribution < 1.29 is 19.4 Å². The van der Waals surface area contributed by atoms with Gasteiger partial charge < -0.3 is 14.7 Å². The summed E-state index contributed by atoms with van der Waals surface area (Å²) in [5.74, 6) is -0.831. The van der Waals surface area contributed by atoms with Gasteiger partial charge in [-0.1, -0.05) is 61.4 Å². The number of Topliss-reactive ketones (excluding diaryl/α,β-unsaturated/α-hetero) is 1. The summed E-state index contributed by atoms with van der Waals surface area (Å²) in [5.41, 5.74) is 2.35. The molecule has 1 amide bonds. The molecule has 0 aliphatic carbocycles. The first-order chi connectivity index (χ1) is 13.5. The van der Waals surface area contributed by atoms with Gasteiger partial charge in [-0.05, 0) is 19.4 Å². The Morgan fingerprint density at radius 1 is 1.11 bits per heavy atom. The number of unbranched alkanes of at least 4 members (excludes halogenated alkanes) is 1. The highest BCUT2D eigenvalue weighted by molar-refractivity contribution is 6.46. The quantitative estimate of drug-likeness (QED) is 0.463. The maximum atomic E-state index is 12.9. The molecule has 2 aromatic carbocycles. The Morgan fingerprint density at radius 3 is 2.43 bits per heavy atom. The molecule has 2 aromatic rings. The second-order valence-electron chi connectivity index (χ2n) is 6.95. The maximum Gasteiger partial charge on any atom is 0.295 e. The number of aliphatic hydroxyl groups excluding tert-OH is 1. The minimum absolute atomic E-state index is 0.106. The highest BCUT2D eigenvalue weighted by atomic mass is 16.5. The van der Waals surface area contributed by atoms with Crippen molar-refractivity contribution in [3.8, 4) is 5.75 Å². The number of aliphatic hydroxyl groups is 1. The summed E-state index contributed by atoms with van der Waals surface area (Å²) in [7, 11) is 1.55. The van der Waals surface area contributed by atoms with Crippen molar-refractivity contribution in [1.29, 1.82) is 0 Å². The Bertz CT molecular complexity index is 914. The van der Waals surface area contributed by atoms with E-state index >= 15 is 0 Å². The number of hydrogen-bond acceptors (Lipinski definition) is 4. The van der Waals surface area contributed by atoms with E-state index in [0.29, 0.717) is 23.4 Å². The van der Waals surface area contributed by atoms with E-state index < -0.39 is 17.7 Å². The third kappa shape index (κ3) is 3.52. The van der Waals surface area contributed by atoms with Crippen LogP contribution >= 0.6 is 0 Å². The minimum atomic E-state index is -0.677. The van der Waals surface area contributed by atoms with Crippen LogP contribution in [0, 0.1) is 6.92 Å². The Balaban J connectivity index is 2.20. The van der Waals surface area contributed by atoms with E-state index in [4.69, 9.17) is 4.74 Å². The number of rotatable bonds is 6. The third-order valence-corrected chi connectivity index (χ3v) is 5.05. The van der Waals surface area contributed by atoms with E-state index in [2.05, 4.69) is 0 Å². The SMILES string of the molecule is CCCCN1C(=O)C(=O)C(=C(O)c2ccc(C)cc2)[C@H]1c1ccccc1OC. The maximum absolute atomic E-state index is 12.9. The molecule has 1 heterocycles.